The monoisotopic (exact) mass is 409 g/mol. The van der Waals surface area contributed by atoms with Crippen molar-refractivity contribution in [3.8, 4) is 0 Å². The molecule has 0 bridgehead atoms. The second-order valence-electron chi connectivity index (χ2n) is 5.24. The highest BCUT2D eigenvalue weighted by atomic mass is 32.2. The van der Waals surface area contributed by atoms with Crippen LogP contribution in [-0.2, 0) is 28.6 Å². The van der Waals surface area contributed by atoms with Crippen LogP contribution in [0.25, 0.3) is 10.2 Å². The summed E-state index contributed by atoms with van der Waals surface area (Å²) in [5.41, 5.74) is -1.80. The quantitative estimate of drug-likeness (QED) is 0.437. The number of cyclic esters (lactones) is 1. The number of nitrogens with zero attached hydrogens (tertiary/aromatic N) is 1. The fourth-order valence-electron chi connectivity index (χ4n) is 2.41. The van der Waals surface area contributed by atoms with Gasteiger partial charge in [-0.3, -0.25) is 0 Å². The van der Waals surface area contributed by atoms with Crippen LogP contribution in [0.15, 0.2) is 39.3 Å². The first-order chi connectivity index (χ1) is 12.9. The summed E-state index contributed by atoms with van der Waals surface area (Å²) in [5, 5.41) is 10.2. The number of aliphatic hydroxyl groups is 1. The Labute approximate surface area is 162 Å². The Bertz CT molecular complexity index is 899. The van der Waals surface area contributed by atoms with Crippen molar-refractivity contribution in [2.75, 3.05) is 13.2 Å². The molecule has 10 heteroatoms. The highest BCUT2D eigenvalue weighted by molar-refractivity contribution is 8.05. The van der Waals surface area contributed by atoms with Crippen molar-refractivity contribution in [1.29, 1.82) is 0 Å². The molecule has 0 saturated carbocycles. The predicted molar refractivity (Wildman–Crippen MR) is 97.2 cm³/mol. The fraction of sp³-hybridized carbons (Fsp3) is 0.294. The topological polar surface area (TPSA) is 112 Å². The lowest BCUT2D eigenvalue weighted by atomic mass is 10.0. The van der Waals surface area contributed by atoms with E-state index in [9.17, 15) is 19.5 Å². The van der Waals surface area contributed by atoms with Gasteiger partial charge < -0.3 is 19.3 Å². The average molecular weight is 409 g/mol. The third-order valence-corrected chi connectivity index (χ3v) is 5.85. The third-order valence-electron chi connectivity index (χ3n) is 3.56. The van der Waals surface area contributed by atoms with E-state index in [4.69, 9.17) is 14.2 Å². The Kier molecular flexibility index (Phi) is 5.38. The fourth-order valence-corrected chi connectivity index (χ4v) is 4.65. The van der Waals surface area contributed by atoms with Crippen molar-refractivity contribution in [3.63, 3.8) is 0 Å². The molecule has 0 radical (unpaired) electrons. The number of para-hydroxylation sites is 1. The molecule has 0 spiro atoms. The summed E-state index contributed by atoms with van der Waals surface area (Å²) in [7, 11) is 0. The summed E-state index contributed by atoms with van der Waals surface area (Å²) < 4.78 is 16.1. The number of aliphatic hydroxyl groups excluding tert-OH is 1. The van der Waals surface area contributed by atoms with Gasteiger partial charge in [-0.25, -0.2) is 19.4 Å². The van der Waals surface area contributed by atoms with Crippen LogP contribution in [0.3, 0.4) is 0 Å². The van der Waals surface area contributed by atoms with Gasteiger partial charge in [-0.1, -0.05) is 23.9 Å². The Morgan fingerprint density at radius 1 is 1.22 bits per heavy atom. The molecule has 0 aliphatic carbocycles. The van der Waals surface area contributed by atoms with Crippen molar-refractivity contribution < 1.29 is 33.7 Å². The molecule has 0 unspecified atom stereocenters. The average Bonchev–Trinajstić information content (AvgIpc) is 3.16. The van der Waals surface area contributed by atoms with E-state index in [-0.39, 0.29) is 18.1 Å². The molecule has 0 amide bonds. The van der Waals surface area contributed by atoms with Crippen LogP contribution in [0.5, 0.6) is 0 Å². The van der Waals surface area contributed by atoms with Crippen LogP contribution in [0.1, 0.15) is 13.8 Å². The highest BCUT2D eigenvalue weighted by Gasteiger charge is 2.63. The third kappa shape index (κ3) is 3.26. The number of hydrogen-bond donors (Lipinski definition) is 1. The smallest absolute Gasteiger partial charge is 0.376 e. The van der Waals surface area contributed by atoms with Gasteiger partial charge in [0.1, 0.15) is 4.91 Å². The minimum atomic E-state index is -2.50. The zero-order valence-electron chi connectivity index (χ0n) is 14.4. The normalized spacial score (nSPS) is 15.7. The number of aromatic nitrogens is 1. The molecule has 1 aromatic carbocycles. The largest absolute Gasteiger partial charge is 0.501 e. The van der Waals surface area contributed by atoms with Gasteiger partial charge in [-0.05, 0) is 26.0 Å². The van der Waals surface area contributed by atoms with Crippen molar-refractivity contribution in [2.24, 2.45) is 0 Å². The van der Waals surface area contributed by atoms with Crippen molar-refractivity contribution in [2.45, 2.75) is 23.8 Å². The Morgan fingerprint density at radius 3 is 2.44 bits per heavy atom. The number of carbonyl (C=O) groups is 3. The number of thiazole rings is 1. The first-order valence-electron chi connectivity index (χ1n) is 7.99. The Balaban J connectivity index is 2.07. The molecule has 2 aromatic rings. The standard InChI is InChI=1S/C17H15NO7S2/c1-3-23-14(21)17(15(22)24-4-2)12(11(19)13(20)25-17)27-16-18-9-7-5-6-8-10(9)26-16/h5-8,19H,3-4H2,1-2H3. The molecule has 3 rings (SSSR count). The molecular formula is C17H15NO7S2. The number of rotatable bonds is 6. The van der Waals surface area contributed by atoms with E-state index in [1.54, 1.807) is 6.07 Å². The summed E-state index contributed by atoms with van der Waals surface area (Å²) in [6.45, 7) is 2.96. The molecule has 2 heterocycles. The number of fused-ring (bicyclic) bond motifs is 1. The van der Waals surface area contributed by atoms with Crippen molar-refractivity contribution in [1.82, 2.24) is 4.98 Å². The lowest BCUT2D eigenvalue weighted by molar-refractivity contribution is -0.186. The maximum Gasteiger partial charge on any atom is 0.376 e. The van der Waals surface area contributed by atoms with Gasteiger partial charge in [0.15, 0.2) is 4.34 Å². The van der Waals surface area contributed by atoms with Crippen molar-refractivity contribution >= 4 is 51.2 Å². The number of benzene rings is 1. The van der Waals surface area contributed by atoms with E-state index >= 15 is 0 Å². The van der Waals surface area contributed by atoms with E-state index in [1.165, 1.54) is 25.2 Å². The predicted octanol–water partition coefficient (Wildman–Crippen LogP) is 2.58. The molecule has 1 aliphatic rings. The molecular weight excluding hydrogens is 394 g/mol. The minimum absolute atomic E-state index is 0.0581. The van der Waals surface area contributed by atoms with Crippen LogP contribution in [-0.4, -0.2) is 46.8 Å². The van der Waals surface area contributed by atoms with E-state index in [1.807, 2.05) is 18.2 Å². The van der Waals surface area contributed by atoms with E-state index in [2.05, 4.69) is 4.98 Å². The Hall–Kier alpha value is -2.59. The second-order valence-corrected chi connectivity index (χ2v) is 7.53. The van der Waals surface area contributed by atoms with E-state index < -0.39 is 29.3 Å². The van der Waals surface area contributed by atoms with Crippen LogP contribution in [0.4, 0.5) is 0 Å². The molecule has 8 nitrogen and oxygen atoms in total. The second kappa shape index (κ2) is 7.57. The maximum absolute atomic E-state index is 12.6. The number of carbonyl (C=O) groups excluding carboxylic acids is 3. The first-order valence-corrected chi connectivity index (χ1v) is 9.62. The summed E-state index contributed by atoms with van der Waals surface area (Å²) in [5.74, 6) is -4.32. The zero-order chi connectivity index (χ0) is 19.6. The van der Waals surface area contributed by atoms with Crippen LogP contribution in [0, 0.1) is 0 Å². The highest BCUT2D eigenvalue weighted by Crippen LogP contribution is 2.46. The Morgan fingerprint density at radius 2 is 1.85 bits per heavy atom. The molecule has 0 fully saturated rings. The molecule has 27 heavy (non-hydrogen) atoms. The maximum atomic E-state index is 12.6. The van der Waals surface area contributed by atoms with Gasteiger partial charge in [0.2, 0.25) is 5.76 Å². The molecule has 0 saturated heterocycles. The van der Waals surface area contributed by atoms with Gasteiger partial charge in [-0.2, -0.15) is 0 Å². The molecule has 0 atom stereocenters. The van der Waals surface area contributed by atoms with Gasteiger partial charge in [0, 0.05) is 0 Å². The summed E-state index contributed by atoms with van der Waals surface area (Å²) in [4.78, 5) is 41.2. The summed E-state index contributed by atoms with van der Waals surface area (Å²) >= 11 is 2.07. The van der Waals surface area contributed by atoms with Gasteiger partial charge in [0.05, 0.1) is 23.4 Å². The summed E-state index contributed by atoms with van der Waals surface area (Å²) in [6, 6.07) is 7.31. The van der Waals surface area contributed by atoms with Crippen LogP contribution >= 0.6 is 23.1 Å². The lowest BCUT2D eigenvalue weighted by Crippen LogP contribution is -2.50. The van der Waals surface area contributed by atoms with Gasteiger partial charge in [-0.15, -0.1) is 11.3 Å². The number of ether oxygens (including phenoxy) is 3. The van der Waals surface area contributed by atoms with Crippen LogP contribution < -0.4 is 0 Å². The van der Waals surface area contributed by atoms with Crippen molar-refractivity contribution in [3.05, 3.63) is 34.9 Å². The van der Waals surface area contributed by atoms with Gasteiger partial charge >= 0.3 is 23.5 Å². The zero-order valence-corrected chi connectivity index (χ0v) is 16.0. The lowest BCUT2D eigenvalue weighted by Gasteiger charge is -2.24. The van der Waals surface area contributed by atoms with Crippen LogP contribution in [0.2, 0.25) is 0 Å². The number of hydrogen-bond acceptors (Lipinski definition) is 10. The molecule has 1 aliphatic heterocycles. The van der Waals surface area contributed by atoms with E-state index in [0.29, 0.717) is 9.86 Å². The van der Waals surface area contributed by atoms with E-state index in [0.717, 1.165) is 16.5 Å². The molecule has 142 valence electrons. The number of esters is 3. The SMILES string of the molecule is CCOC(=O)C1(C(=O)OCC)OC(=O)C(O)=C1Sc1nc2ccccc2s1. The van der Waals surface area contributed by atoms with Gasteiger partial charge in [0.25, 0.3) is 0 Å². The summed E-state index contributed by atoms with van der Waals surface area (Å²) in [6.07, 6.45) is 0. The molecule has 1 aromatic heterocycles. The first kappa shape index (κ1) is 19.2. The number of thioether (sulfide) groups is 1. The molecule has 1 N–H and O–H groups in total. The minimum Gasteiger partial charge on any atom is -0.501 e.